The fourth-order valence-electron chi connectivity index (χ4n) is 2.36. The lowest BCUT2D eigenvalue weighted by Crippen LogP contribution is -2.27. The van der Waals surface area contributed by atoms with Gasteiger partial charge in [0.15, 0.2) is 5.65 Å². The minimum atomic E-state index is -1.26. The monoisotopic (exact) mass is 329 g/mol. The molecule has 0 fully saturated rings. The first-order valence-electron chi connectivity index (χ1n) is 6.71. The van der Waals surface area contributed by atoms with Crippen molar-refractivity contribution < 1.29 is 25.2 Å². The first-order valence-corrected chi connectivity index (χ1v) is 6.71. The number of aromatic hydroxyl groups is 3. The molecular weight excluding hydrogens is 318 g/mol. The van der Waals surface area contributed by atoms with Crippen LogP contribution in [-0.2, 0) is 11.3 Å². The summed E-state index contributed by atoms with van der Waals surface area (Å²) in [5, 5.41) is 38.3. The summed E-state index contributed by atoms with van der Waals surface area (Å²) < 4.78 is 0.881. The predicted molar refractivity (Wildman–Crippen MR) is 81.9 cm³/mol. The predicted octanol–water partition coefficient (Wildman–Crippen LogP) is 0.660. The van der Waals surface area contributed by atoms with Gasteiger partial charge in [-0.05, 0) is 12.1 Å². The van der Waals surface area contributed by atoms with Crippen molar-refractivity contribution in [1.82, 2.24) is 14.5 Å². The average molecular weight is 329 g/mol. The van der Waals surface area contributed by atoms with Crippen LogP contribution in [0.5, 0.6) is 17.2 Å². The molecule has 0 aliphatic carbocycles. The lowest BCUT2D eigenvalue weighted by atomic mass is 10.1. The smallest absolute Gasteiger partial charge is 0.323 e. The van der Waals surface area contributed by atoms with Crippen molar-refractivity contribution in [2.24, 2.45) is 0 Å². The van der Waals surface area contributed by atoms with E-state index in [0.29, 0.717) is 0 Å². The van der Waals surface area contributed by atoms with E-state index in [0.717, 1.165) is 16.7 Å². The molecule has 24 heavy (non-hydrogen) atoms. The van der Waals surface area contributed by atoms with Crippen LogP contribution in [-0.4, -0.2) is 40.9 Å². The minimum absolute atomic E-state index is 0.0615. The molecule has 9 nitrogen and oxygen atoms in total. The second kappa shape index (κ2) is 5.54. The van der Waals surface area contributed by atoms with Gasteiger partial charge in [0.2, 0.25) is 0 Å². The van der Waals surface area contributed by atoms with Gasteiger partial charge in [0, 0.05) is 18.3 Å². The molecule has 2 aromatic heterocycles. The lowest BCUT2D eigenvalue weighted by Gasteiger charge is -2.11. The molecule has 0 saturated carbocycles. The summed E-state index contributed by atoms with van der Waals surface area (Å²) in [6.07, 6.45) is 1.39. The van der Waals surface area contributed by atoms with E-state index in [1.165, 1.54) is 12.3 Å². The van der Waals surface area contributed by atoms with Gasteiger partial charge in [0.1, 0.15) is 35.0 Å². The van der Waals surface area contributed by atoms with Gasteiger partial charge in [-0.1, -0.05) is 0 Å². The minimum Gasteiger partial charge on any atom is -0.508 e. The number of benzene rings is 1. The Bertz CT molecular complexity index is 1000. The highest BCUT2D eigenvalue weighted by Gasteiger charge is 2.21. The number of fused-ring (bicyclic) bond motifs is 1. The third-order valence-electron chi connectivity index (χ3n) is 3.31. The van der Waals surface area contributed by atoms with Crippen molar-refractivity contribution in [3.8, 4) is 28.5 Å². The van der Waals surface area contributed by atoms with Crippen molar-refractivity contribution in [3.63, 3.8) is 0 Å². The normalized spacial score (nSPS) is 10.8. The number of carboxylic acid groups (broad SMARTS) is 1. The topological polar surface area (TPSA) is 146 Å². The molecule has 4 N–H and O–H groups in total. The van der Waals surface area contributed by atoms with Gasteiger partial charge in [-0.25, -0.2) is 9.97 Å². The van der Waals surface area contributed by atoms with Crippen molar-refractivity contribution >= 4 is 17.1 Å². The van der Waals surface area contributed by atoms with Crippen molar-refractivity contribution in [1.29, 1.82) is 0 Å². The van der Waals surface area contributed by atoms with Gasteiger partial charge in [-0.2, -0.15) is 0 Å². The summed E-state index contributed by atoms with van der Waals surface area (Å²) >= 11 is 0. The number of rotatable bonds is 3. The Balaban J connectivity index is 2.40. The van der Waals surface area contributed by atoms with Gasteiger partial charge in [-0.15, -0.1) is 0 Å². The van der Waals surface area contributed by atoms with Crippen LogP contribution < -0.4 is 5.56 Å². The van der Waals surface area contributed by atoms with Crippen LogP contribution in [0.15, 0.2) is 35.3 Å². The van der Waals surface area contributed by atoms with E-state index in [9.17, 15) is 24.9 Å². The zero-order valence-corrected chi connectivity index (χ0v) is 12.0. The Morgan fingerprint density at radius 1 is 1.17 bits per heavy atom. The van der Waals surface area contributed by atoms with E-state index in [-0.39, 0.29) is 22.4 Å². The third kappa shape index (κ3) is 2.47. The zero-order valence-electron chi connectivity index (χ0n) is 12.0. The molecule has 3 rings (SSSR count). The molecule has 0 radical (unpaired) electrons. The third-order valence-corrected chi connectivity index (χ3v) is 3.31. The fraction of sp³-hybridized carbons (Fsp3) is 0.0667. The van der Waals surface area contributed by atoms with E-state index in [1.54, 1.807) is 6.07 Å². The molecule has 3 aromatic rings. The molecule has 0 aliphatic rings. The van der Waals surface area contributed by atoms with Gasteiger partial charge >= 0.3 is 5.97 Å². The summed E-state index contributed by atoms with van der Waals surface area (Å²) in [6.45, 7) is -0.665. The highest BCUT2D eigenvalue weighted by molar-refractivity contribution is 5.80. The SMILES string of the molecule is O=C(O)Cn1c(=O)c(-c2c(O)cc(O)cc2O)nc2cccnc21. The van der Waals surface area contributed by atoms with Gasteiger partial charge in [0.25, 0.3) is 5.56 Å². The van der Waals surface area contributed by atoms with Crippen LogP contribution in [0.25, 0.3) is 22.4 Å². The average Bonchev–Trinajstić information content (AvgIpc) is 2.49. The van der Waals surface area contributed by atoms with Gasteiger partial charge < -0.3 is 20.4 Å². The Labute approximate surface area is 133 Å². The quantitative estimate of drug-likeness (QED) is 0.548. The maximum Gasteiger partial charge on any atom is 0.323 e. The van der Waals surface area contributed by atoms with Crippen LogP contribution in [0.3, 0.4) is 0 Å². The second-order valence-electron chi connectivity index (χ2n) is 4.95. The number of aromatic nitrogens is 3. The van der Waals surface area contributed by atoms with Crippen molar-refractivity contribution in [2.75, 3.05) is 0 Å². The van der Waals surface area contributed by atoms with E-state index in [1.807, 2.05) is 0 Å². The fourth-order valence-corrected chi connectivity index (χ4v) is 2.36. The number of carbonyl (C=O) groups is 1. The van der Waals surface area contributed by atoms with Crippen LogP contribution in [0.2, 0.25) is 0 Å². The Morgan fingerprint density at radius 2 is 1.83 bits per heavy atom. The summed E-state index contributed by atoms with van der Waals surface area (Å²) in [4.78, 5) is 31.7. The number of phenolic OH excluding ortho intramolecular Hbond substituents is 3. The molecule has 2 heterocycles. The largest absolute Gasteiger partial charge is 0.508 e. The summed E-state index contributed by atoms with van der Waals surface area (Å²) in [5.74, 6) is -2.80. The first kappa shape index (κ1) is 15.3. The van der Waals surface area contributed by atoms with Gasteiger partial charge in [-0.3, -0.25) is 14.2 Å². The second-order valence-corrected chi connectivity index (χ2v) is 4.95. The van der Waals surface area contributed by atoms with Crippen LogP contribution in [0.4, 0.5) is 0 Å². The number of nitrogens with zero attached hydrogens (tertiary/aromatic N) is 3. The Morgan fingerprint density at radius 3 is 2.46 bits per heavy atom. The number of hydrogen-bond acceptors (Lipinski definition) is 7. The van der Waals surface area contributed by atoms with E-state index < -0.39 is 35.3 Å². The van der Waals surface area contributed by atoms with Crippen LogP contribution in [0.1, 0.15) is 0 Å². The molecule has 0 aliphatic heterocycles. The first-order chi connectivity index (χ1) is 11.4. The summed E-state index contributed by atoms with van der Waals surface area (Å²) in [6, 6.07) is 4.93. The number of phenols is 3. The standard InChI is InChI=1S/C15H11N3O6/c19-7-4-9(20)12(10(21)5-7)13-15(24)18(6-11(22)23)14-8(17-13)2-1-3-16-14/h1-5,19-21H,6H2,(H,22,23). The molecule has 0 bridgehead atoms. The van der Waals surface area contributed by atoms with Crippen molar-refractivity contribution in [3.05, 3.63) is 40.8 Å². The molecule has 0 unspecified atom stereocenters. The van der Waals surface area contributed by atoms with E-state index in [2.05, 4.69) is 9.97 Å². The maximum atomic E-state index is 12.6. The summed E-state index contributed by atoms with van der Waals surface area (Å²) in [5.41, 5.74) is -1.24. The molecular formula is C15H11N3O6. The van der Waals surface area contributed by atoms with E-state index >= 15 is 0 Å². The number of aliphatic carboxylic acids is 1. The number of hydrogen-bond donors (Lipinski definition) is 4. The molecule has 9 heteroatoms. The van der Waals surface area contributed by atoms with Crippen LogP contribution >= 0.6 is 0 Å². The zero-order chi connectivity index (χ0) is 17.4. The van der Waals surface area contributed by atoms with Gasteiger partial charge in [0.05, 0.1) is 5.56 Å². The van der Waals surface area contributed by atoms with Crippen LogP contribution in [0, 0.1) is 0 Å². The number of pyridine rings is 1. The molecule has 122 valence electrons. The summed E-state index contributed by atoms with van der Waals surface area (Å²) in [7, 11) is 0. The van der Waals surface area contributed by atoms with Crippen molar-refractivity contribution in [2.45, 2.75) is 6.54 Å². The molecule has 0 amide bonds. The Hall–Kier alpha value is -3.62. The maximum absolute atomic E-state index is 12.6. The molecule has 1 aromatic carbocycles. The highest BCUT2D eigenvalue weighted by atomic mass is 16.4. The highest BCUT2D eigenvalue weighted by Crippen LogP contribution is 2.38. The molecule has 0 atom stereocenters. The Kier molecular flexibility index (Phi) is 3.53. The molecule has 0 spiro atoms. The van der Waals surface area contributed by atoms with E-state index in [4.69, 9.17) is 5.11 Å². The molecule has 0 saturated heterocycles. The number of carboxylic acids is 1. The lowest BCUT2D eigenvalue weighted by molar-refractivity contribution is -0.137.